The van der Waals surface area contributed by atoms with Gasteiger partial charge < -0.3 is 9.64 Å². The first-order chi connectivity index (χ1) is 11.0. The lowest BCUT2D eigenvalue weighted by Gasteiger charge is -2.33. The molecule has 23 heavy (non-hydrogen) atoms. The van der Waals surface area contributed by atoms with Crippen LogP contribution in [-0.2, 0) is 0 Å². The van der Waals surface area contributed by atoms with Gasteiger partial charge in [0.05, 0.1) is 0 Å². The topological polar surface area (TPSA) is 12.5 Å². The lowest BCUT2D eigenvalue weighted by atomic mass is 10.1. The van der Waals surface area contributed by atoms with Crippen molar-refractivity contribution in [1.82, 2.24) is 0 Å². The summed E-state index contributed by atoms with van der Waals surface area (Å²) >= 11 is 0. The van der Waals surface area contributed by atoms with Crippen molar-refractivity contribution in [1.29, 1.82) is 0 Å². The van der Waals surface area contributed by atoms with E-state index in [0.717, 1.165) is 18.8 Å². The fourth-order valence-electron chi connectivity index (χ4n) is 2.80. The second-order valence-corrected chi connectivity index (χ2v) is 5.84. The molecule has 0 radical (unpaired) electrons. The van der Waals surface area contributed by atoms with Crippen LogP contribution in [0.15, 0.2) is 36.4 Å². The van der Waals surface area contributed by atoms with Gasteiger partial charge in [-0.15, -0.1) is 0 Å². The van der Waals surface area contributed by atoms with E-state index in [2.05, 4.69) is 29.2 Å². The first kappa shape index (κ1) is 15.7. The van der Waals surface area contributed by atoms with Crippen LogP contribution in [0.3, 0.4) is 0 Å². The lowest BCUT2D eigenvalue weighted by molar-refractivity contribution is 0.156. The van der Waals surface area contributed by atoms with Crippen LogP contribution in [0.25, 0.3) is 0 Å². The molecular formula is C18H18F3NO. The molecule has 0 unspecified atom stereocenters. The highest BCUT2D eigenvalue weighted by Crippen LogP contribution is 2.27. The summed E-state index contributed by atoms with van der Waals surface area (Å²) in [5.41, 5.74) is 2.34. The molecule has 2 aromatic rings. The Balaban J connectivity index is 1.62. The fourth-order valence-corrected chi connectivity index (χ4v) is 2.80. The van der Waals surface area contributed by atoms with E-state index in [1.165, 1.54) is 5.56 Å². The van der Waals surface area contributed by atoms with E-state index in [1.807, 2.05) is 6.92 Å². The summed E-state index contributed by atoms with van der Waals surface area (Å²) in [7, 11) is 0. The maximum atomic E-state index is 13.6. The molecule has 1 aliphatic rings. The van der Waals surface area contributed by atoms with Gasteiger partial charge in [0.1, 0.15) is 11.9 Å². The highest BCUT2D eigenvalue weighted by molar-refractivity contribution is 5.47. The summed E-state index contributed by atoms with van der Waals surface area (Å²) in [5.74, 6) is -3.42. The Morgan fingerprint density at radius 1 is 0.957 bits per heavy atom. The smallest absolute Gasteiger partial charge is 0.191 e. The van der Waals surface area contributed by atoms with Crippen LogP contribution in [0.5, 0.6) is 5.75 Å². The average Bonchev–Trinajstić information content (AvgIpc) is 2.52. The van der Waals surface area contributed by atoms with Crippen LogP contribution in [0.1, 0.15) is 18.4 Å². The van der Waals surface area contributed by atoms with Crippen LogP contribution >= 0.6 is 0 Å². The van der Waals surface area contributed by atoms with Gasteiger partial charge >= 0.3 is 0 Å². The highest BCUT2D eigenvalue weighted by Gasteiger charge is 2.23. The minimum absolute atomic E-state index is 0.272. The molecule has 1 saturated heterocycles. The number of piperidine rings is 1. The standard InChI is InChI=1S/C18H18F3NO/c1-12-2-4-14(5-3-12)22-8-6-15(7-9-22)23-18-16(20)10-13(19)11-17(18)21/h2-5,10-11,15H,6-9H2,1H3. The lowest BCUT2D eigenvalue weighted by Crippen LogP contribution is -2.38. The molecule has 0 saturated carbocycles. The molecule has 0 bridgehead atoms. The van der Waals surface area contributed by atoms with Crippen molar-refractivity contribution in [2.75, 3.05) is 18.0 Å². The normalized spacial score (nSPS) is 15.7. The van der Waals surface area contributed by atoms with Crippen molar-refractivity contribution < 1.29 is 17.9 Å². The zero-order valence-electron chi connectivity index (χ0n) is 12.9. The maximum absolute atomic E-state index is 13.6. The number of hydrogen-bond donors (Lipinski definition) is 0. The van der Waals surface area contributed by atoms with Gasteiger partial charge in [0.2, 0.25) is 0 Å². The second kappa shape index (κ2) is 6.52. The molecule has 0 spiro atoms. The van der Waals surface area contributed by atoms with E-state index in [0.29, 0.717) is 25.0 Å². The van der Waals surface area contributed by atoms with Crippen molar-refractivity contribution in [2.24, 2.45) is 0 Å². The Labute approximate surface area is 133 Å². The molecular weight excluding hydrogens is 303 g/mol. The van der Waals surface area contributed by atoms with Gasteiger partial charge in [-0.1, -0.05) is 17.7 Å². The monoisotopic (exact) mass is 321 g/mol. The van der Waals surface area contributed by atoms with Crippen LogP contribution in [0.4, 0.5) is 18.9 Å². The summed E-state index contributed by atoms with van der Waals surface area (Å²) in [6.07, 6.45) is 1.04. The molecule has 1 aliphatic heterocycles. The predicted octanol–water partition coefficient (Wildman–Crippen LogP) is 4.46. The van der Waals surface area contributed by atoms with E-state index in [1.54, 1.807) is 0 Å². The Bertz CT molecular complexity index is 656. The third kappa shape index (κ3) is 3.60. The molecule has 2 nitrogen and oxygen atoms in total. The number of benzene rings is 2. The summed E-state index contributed by atoms with van der Waals surface area (Å²) in [6.45, 7) is 3.53. The highest BCUT2D eigenvalue weighted by atomic mass is 19.1. The van der Waals surface area contributed by atoms with Gasteiger partial charge in [-0.25, -0.2) is 13.2 Å². The number of aryl methyl sites for hydroxylation is 1. The first-order valence-corrected chi connectivity index (χ1v) is 7.66. The second-order valence-electron chi connectivity index (χ2n) is 5.84. The molecule has 2 aromatic carbocycles. The Morgan fingerprint density at radius 2 is 1.52 bits per heavy atom. The first-order valence-electron chi connectivity index (χ1n) is 7.66. The molecule has 0 amide bonds. The molecule has 1 fully saturated rings. The average molecular weight is 321 g/mol. The van der Waals surface area contributed by atoms with Gasteiger partial charge in [0, 0.05) is 43.8 Å². The summed E-state index contributed by atoms with van der Waals surface area (Å²) in [4.78, 5) is 2.22. The largest absolute Gasteiger partial charge is 0.484 e. The Morgan fingerprint density at radius 3 is 2.09 bits per heavy atom. The molecule has 5 heteroatoms. The number of anilines is 1. The summed E-state index contributed by atoms with van der Waals surface area (Å²) in [6, 6.07) is 9.52. The van der Waals surface area contributed by atoms with E-state index in [9.17, 15) is 13.2 Å². The van der Waals surface area contributed by atoms with Gasteiger partial charge in [0.15, 0.2) is 17.4 Å². The van der Waals surface area contributed by atoms with Crippen LogP contribution in [-0.4, -0.2) is 19.2 Å². The van der Waals surface area contributed by atoms with Crippen LogP contribution in [0, 0.1) is 24.4 Å². The molecule has 1 heterocycles. The third-order valence-electron chi connectivity index (χ3n) is 4.09. The third-order valence-corrected chi connectivity index (χ3v) is 4.09. The molecule has 0 aromatic heterocycles. The summed E-state index contributed by atoms with van der Waals surface area (Å²) < 4.78 is 45.6. The van der Waals surface area contributed by atoms with E-state index in [4.69, 9.17) is 4.74 Å². The SMILES string of the molecule is Cc1ccc(N2CCC(Oc3c(F)cc(F)cc3F)CC2)cc1. The maximum Gasteiger partial charge on any atom is 0.191 e. The molecule has 0 aliphatic carbocycles. The van der Waals surface area contributed by atoms with Gasteiger partial charge in [-0.2, -0.15) is 0 Å². The Hall–Kier alpha value is -2.17. The van der Waals surface area contributed by atoms with Crippen molar-refractivity contribution in [3.8, 4) is 5.75 Å². The van der Waals surface area contributed by atoms with E-state index >= 15 is 0 Å². The van der Waals surface area contributed by atoms with Crippen molar-refractivity contribution in [3.63, 3.8) is 0 Å². The minimum atomic E-state index is -0.997. The molecule has 0 N–H and O–H groups in total. The molecule has 3 rings (SSSR count). The van der Waals surface area contributed by atoms with Crippen LogP contribution < -0.4 is 9.64 Å². The quantitative estimate of drug-likeness (QED) is 0.827. The number of halogens is 3. The zero-order chi connectivity index (χ0) is 16.4. The van der Waals surface area contributed by atoms with Crippen molar-refractivity contribution in [2.45, 2.75) is 25.9 Å². The van der Waals surface area contributed by atoms with Crippen molar-refractivity contribution >= 4 is 5.69 Å². The Kier molecular flexibility index (Phi) is 4.46. The number of nitrogens with zero attached hydrogens (tertiary/aromatic N) is 1. The van der Waals surface area contributed by atoms with Gasteiger partial charge in [0.25, 0.3) is 0 Å². The minimum Gasteiger partial charge on any atom is -0.484 e. The van der Waals surface area contributed by atoms with Crippen molar-refractivity contribution in [3.05, 3.63) is 59.4 Å². The zero-order valence-corrected chi connectivity index (χ0v) is 12.9. The number of hydrogen-bond acceptors (Lipinski definition) is 2. The predicted molar refractivity (Wildman–Crippen MR) is 83.4 cm³/mol. The van der Waals surface area contributed by atoms with E-state index < -0.39 is 23.2 Å². The molecule has 0 atom stereocenters. The van der Waals surface area contributed by atoms with Gasteiger partial charge in [-0.05, 0) is 19.1 Å². The fraction of sp³-hybridized carbons (Fsp3) is 0.333. The number of rotatable bonds is 3. The van der Waals surface area contributed by atoms with Crippen LogP contribution in [0.2, 0.25) is 0 Å². The van der Waals surface area contributed by atoms with Gasteiger partial charge in [-0.3, -0.25) is 0 Å². The van der Waals surface area contributed by atoms with E-state index in [-0.39, 0.29) is 6.10 Å². The summed E-state index contributed by atoms with van der Waals surface area (Å²) in [5, 5.41) is 0. The number of ether oxygens (including phenoxy) is 1. The molecule has 122 valence electrons.